The zero-order chi connectivity index (χ0) is 17.6. The van der Waals surface area contributed by atoms with E-state index in [0.717, 1.165) is 11.1 Å². The third-order valence-corrected chi connectivity index (χ3v) is 4.04. The molecule has 3 rings (SSSR count). The molecule has 4 nitrogen and oxygen atoms in total. The van der Waals surface area contributed by atoms with E-state index < -0.39 is 5.82 Å². The van der Waals surface area contributed by atoms with Crippen LogP contribution in [0, 0.1) is 5.82 Å². The van der Waals surface area contributed by atoms with Crippen LogP contribution >= 0.6 is 11.6 Å². The maximum absolute atomic E-state index is 13.1. The van der Waals surface area contributed by atoms with Gasteiger partial charge in [-0.15, -0.1) is 0 Å². The summed E-state index contributed by atoms with van der Waals surface area (Å²) >= 11 is 5.75. The Hall–Kier alpha value is -2.66. The number of aryl methyl sites for hydroxylation is 1. The van der Waals surface area contributed by atoms with Crippen LogP contribution in [0.1, 0.15) is 17.5 Å². The molecule has 0 unspecified atom stereocenters. The number of halogens is 2. The van der Waals surface area contributed by atoms with Gasteiger partial charge >= 0.3 is 0 Å². The number of benzene rings is 1. The molecule has 0 saturated heterocycles. The Labute approximate surface area is 149 Å². The van der Waals surface area contributed by atoms with Gasteiger partial charge in [0.15, 0.2) is 5.76 Å². The Balaban J connectivity index is 1.57. The first kappa shape index (κ1) is 17.2. The molecule has 0 aliphatic rings. The number of nitrogens with one attached hydrogen (secondary N) is 1. The fourth-order valence-corrected chi connectivity index (χ4v) is 2.65. The lowest BCUT2D eigenvalue weighted by Crippen LogP contribution is -2.23. The van der Waals surface area contributed by atoms with Gasteiger partial charge in [-0.1, -0.05) is 23.7 Å². The second kappa shape index (κ2) is 7.94. The standard InChI is InChI=1S/C19H16ClFN2O2/c20-15-11-13(5-7-16(15)21)6-8-18(24)23-12-14-3-1-9-22-19(14)17-4-2-10-25-17/h1-5,7,9-11H,6,8,12H2,(H,23,24). The molecule has 6 heteroatoms. The number of pyridine rings is 1. The van der Waals surface area contributed by atoms with Crippen molar-refractivity contribution in [3.05, 3.63) is 76.9 Å². The monoisotopic (exact) mass is 358 g/mol. The Morgan fingerprint density at radius 1 is 1.24 bits per heavy atom. The fourth-order valence-electron chi connectivity index (χ4n) is 2.45. The van der Waals surface area contributed by atoms with E-state index in [0.29, 0.717) is 24.4 Å². The minimum atomic E-state index is -0.461. The number of rotatable bonds is 6. The molecule has 2 heterocycles. The molecule has 0 aliphatic carbocycles. The van der Waals surface area contributed by atoms with Crippen molar-refractivity contribution < 1.29 is 13.6 Å². The highest BCUT2D eigenvalue weighted by molar-refractivity contribution is 6.30. The second-order valence-electron chi connectivity index (χ2n) is 5.51. The smallest absolute Gasteiger partial charge is 0.220 e. The van der Waals surface area contributed by atoms with Gasteiger partial charge in [0.2, 0.25) is 5.91 Å². The van der Waals surface area contributed by atoms with Crippen molar-refractivity contribution in [1.29, 1.82) is 0 Å². The molecule has 0 aliphatic heterocycles. The van der Waals surface area contributed by atoms with Gasteiger partial charge in [0.1, 0.15) is 11.5 Å². The average Bonchev–Trinajstić information content (AvgIpc) is 3.15. The van der Waals surface area contributed by atoms with Gasteiger partial charge in [0, 0.05) is 24.7 Å². The minimum Gasteiger partial charge on any atom is -0.463 e. The summed E-state index contributed by atoms with van der Waals surface area (Å²) in [5, 5.41) is 2.94. The second-order valence-corrected chi connectivity index (χ2v) is 5.92. The quantitative estimate of drug-likeness (QED) is 0.711. The number of nitrogens with zero attached hydrogens (tertiary/aromatic N) is 1. The first-order chi connectivity index (χ1) is 12.1. The first-order valence-corrected chi connectivity index (χ1v) is 8.19. The molecule has 0 saturated carbocycles. The highest BCUT2D eigenvalue weighted by atomic mass is 35.5. The maximum Gasteiger partial charge on any atom is 0.220 e. The van der Waals surface area contributed by atoms with Crippen molar-refractivity contribution in [2.24, 2.45) is 0 Å². The number of hydrogen-bond acceptors (Lipinski definition) is 3. The summed E-state index contributed by atoms with van der Waals surface area (Å²) in [6.45, 7) is 0.354. The normalized spacial score (nSPS) is 10.6. The Morgan fingerprint density at radius 2 is 2.12 bits per heavy atom. The molecule has 0 atom stereocenters. The Morgan fingerprint density at radius 3 is 2.88 bits per heavy atom. The van der Waals surface area contributed by atoms with E-state index in [1.54, 1.807) is 30.7 Å². The topological polar surface area (TPSA) is 55.1 Å². The summed E-state index contributed by atoms with van der Waals surface area (Å²) in [4.78, 5) is 16.4. The van der Waals surface area contributed by atoms with Crippen molar-refractivity contribution in [2.75, 3.05) is 0 Å². The third kappa shape index (κ3) is 4.45. The van der Waals surface area contributed by atoms with E-state index in [4.69, 9.17) is 16.0 Å². The Bertz CT molecular complexity index is 866. The lowest BCUT2D eigenvalue weighted by atomic mass is 10.1. The molecule has 0 spiro atoms. The van der Waals surface area contributed by atoms with Crippen LogP contribution in [0.25, 0.3) is 11.5 Å². The van der Waals surface area contributed by atoms with Crippen molar-refractivity contribution in [3.8, 4) is 11.5 Å². The molecule has 0 fully saturated rings. The summed E-state index contributed by atoms with van der Waals surface area (Å²) in [5.41, 5.74) is 2.40. The van der Waals surface area contributed by atoms with Crippen LogP contribution in [-0.2, 0) is 17.8 Å². The predicted molar refractivity (Wildman–Crippen MR) is 93.5 cm³/mol. The van der Waals surface area contributed by atoms with Crippen LogP contribution in [0.15, 0.2) is 59.3 Å². The number of amides is 1. The van der Waals surface area contributed by atoms with Crippen LogP contribution in [0.2, 0.25) is 5.02 Å². The highest BCUT2D eigenvalue weighted by Gasteiger charge is 2.10. The van der Waals surface area contributed by atoms with Gasteiger partial charge in [-0.25, -0.2) is 4.39 Å². The number of carbonyl (C=O) groups is 1. The van der Waals surface area contributed by atoms with Gasteiger partial charge in [0.05, 0.1) is 11.3 Å². The van der Waals surface area contributed by atoms with Crippen LogP contribution < -0.4 is 5.32 Å². The molecule has 25 heavy (non-hydrogen) atoms. The Kier molecular flexibility index (Phi) is 5.46. The number of furan rings is 1. The van der Waals surface area contributed by atoms with Gasteiger partial charge in [-0.3, -0.25) is 9.78 Å². The zero-order valence-corrected chi connectivity index (χ0v) is 14.1. The van der Waals surface area contributed by atoms with Gasteiger partial charge < -0.3 is 9.73 Å². The van der Waals surface area contributed by atoms with E-state index >= 15 is 0 Å². The molecule has 0 radical (unpaired) electrons. The average molecular weight is 359 g/mol. The number of hydrogen-bond donors (Lipinski definition) is 1. The maximum atomic E-state index is 13.1. The van der Waals surface area contributed by atoms with E-state index in [-0.39, 0.29) is 17.4 Å². The molecular formula is C19H16ClFN2O2. The molecule has 128 valence electrons. The third-order valence-electron chi connectivity index (χ3n) is 3.75. The van der Waals surface area contributed by atoms with E-state index in [9.17, 15) is 9.18 Å². The summed E-state index contributed by atoms with van der Waals surface area (Å²) in [6.07, 6.45) is 4.05. The first-order valence-electron chi connectivity index (χ1n) is 7.82. The number of aromatic nitrogens is 1. The molecule has 0 bridgehead atoms. The molecule has 3 aromatic rings. The summed E-state index contributed by atoms with van der Waals surface area (Å²) in [6, 6.07) is 11.8. The zero-order valence-electron chi connectivity index (χ0n) is 13.3. The predicted octanol–water partition coefficient (Wildman–Crippen LogP) is 4.38. The fraction of sp³-hybridized carbons (Fsp3) is 0.158. The summed E-state index contributed by atoms with van der Waals surface area (Å²) < 4.78 is 18.5. The highest BCUT2D eigenvalue weighted by Crippen LogP contribution is 2.21. The van der Waals surface area contributed by atoms with Crippen molar-refractivity contribution >= 4 is 17.5 Å². The van der Waals surface area contributed by atoms with Crippen LogP contribution in [0.3, 0.4) is 0 Å². The van der Waals surface area contributed by atoms with E-state index in [1.165, 1.54) is 6.07 Å². The van der Waals surface area contributed by atoms with Gasteiger partial charge in [-0.2, -0.15) is 0 Å². The van der Waals surface area contributed by atoms with Gasteiger partial charge in [0.25, 0.3) is 0 Å². The van der Waals surface area contributed by atoms with Crippen LogP contribution in [0.5, 0.6) is 0 Å². The summed E-state index contributed by atoms with van der Waals surface area (Å²) in [5.74, 6) is 0.0948. The van der Waals surface area contributed by atoms with Crippen LogP contribution in [0.4, 0.5) is 4.39 Å². The molecule has 2 aromatic heterocycles. The minimum absolute atomic E-state index is 0.0661. The molecule has 1 N–H and O–H groups in total. The van der Waals surface area contributed by atoms with E-state index in [1.807, 2.05) is 18.2 Å². The van der Waals surface area contributed by atoms with Crippen LogP contribution in [-0.4, -0.2) is 10.9 Å². The van der Waals surface area contributed by atoms with E-state index in [2.05, 4.69) is 10.3 Å². The van der Waals surface area contributed by atoms with Crippen molar-refractivity contribution in [1.82, 2.24) is 10.3 Å². The summed E-state index contributed by atoms with van der Waals surface area (Å²) in [7, 11) is 0. The molecular weight excluding hydrogens is 343 g/mol. The van der Waals surface area contributed by atoms with Gasteiger partial charge in [-0.05, 0) is 42.3 Å². The van der Waals surface area contributed by atoms with Crippen molar-refractivity contribution in [2.45, 2.75) is 19.4 Å². The molecule has 1 aromatic carbocycles. The SMILES string of the molecule is O=C(CCc1ccc(F)c(Cl)c1)NCc1cccnc1-c1ccco1. The lowest BCUT2D eigenvalue weighted by Gasteiger charge is -2.08. The largest absolute Gasteiger partial charge is 0.463 e. The molecule has 1 amide bonds. The lowest BCUT2D eigenvalue weighted by molar-refractivity contribution is -0.121. The van der Waals surface area contributed by atoms with Crippen molar-refractivity contribution in [3.63, 3.8) is 0 Å². The number of carbonyl (C=O) groups excluding carboxylic acids is 1.